The maximum Gasteiger partial charge on any atom is 0.129 e. The third-order valence-corrected chi connectivity index (χ3v) is 6.00. The maximum atomic E-state index is 14.1. The number of hydrogen-bond acceptors (Lipinski definition) is 4. The number of benzene rings is 1. The topological polar surface area (TPSA) is 56.9 Å². The highest BCUT2D eigenvalue weighted by atomic mass is 19.1. The third-order valence-electron chi connectivity index (χ3n) is 6.00. The van der Waals surface area contributed by atoms with Crippen molar-refractivity contribution in [3.05, 3.63) is 64.2 Å². The maximum absolute atomic E-state index is 14.1. The summed E-state index contributed by atoms with van der Waals surface area (Å²) < 4.78 is 24.3. The molecule has 1 aliphatic heterocycles. The number of nitrogens with zero attached hydrogens (tertiary/aromatic N) is 4. The Balaban J connectivity index is 1.60. The van der Waals surface area contributed by atoms with E-state index in [1.54, 1.807) is 0 Å². The lowest BCUT2D eigenvalue weighted by Crippen LogP contribution is -2.09. The van der Waals surface area contributed by atoms with Crippen LogP contribution in [0.25, 0.3) is 11.8 Å². The summed E-state index contributed by atoms with van der Waals surface area (Å²) in [7, 11) is 3.88. The predicted molar refractivity (Wildman–Crippen MR) is 120 cm³/mol. The molecule has 3 aromatic rings. The molecule has 1 aromatic carbocycles. The van der Waals surface area contributed by atoms with Gasteiger partial charge in [-0.3, -0.25) is 4.68 Å². The number of imidazole rings is 1. The number of nitrogens with one attached hydrogen (secondary N) is 1. The molecule has 0 atom stereocenters. The summed E-state index contributed by atoms with van der Waals surface area (Å²) in [5.74, 6) is 1.36. The number of fused-ring (bicyclic) bond motifs is 1. The van der Waals surface area contributed by atoms with E-state index < -0.39 is 0 Å². The molecule has 4 rings (SSSR count). The van der Waals surface area contributed by atoms with Crippen molar-refractivity contribution in [1.29, 1.82) is 0 Å². The van der Waals surface area contributed by atoms with Crippen LogP contribution in [0.2, 0.25) is 0 Å². The Morgan fingerprint density at radius 1 is 1.23 bits per heavy atom. The number of aromatic nitrogens is 4. The zero-order valence-corrected chi connectivity index (χ0v) is 18.7. The number of rotatable bonds is 7. The van der Waals surface area contributed by atoms with Crippen molar-refractivity contribution in [2.45, 2.75) is 46.1 Å². The lowest BCUT2D eigenvalue weighted by Gasteiger charge is -2.15. The van der Waals surface area contributed by atoms with E-state index in [2.05, 4.69) is 33.1 Å². The lowest BCUT2D eigenvalue weighted by molar-refractivity contribution is 0.318. The van der Waals surface area contributed by atoms with Crippen molar-refractivity contribution < 1.29 is 9.13 Å². The minimum Gasteiger partial charge on any atom is -0.492 e. The molecule has 164 valence electrons. The second kappa shape index (κ2) is 9.06. The number of ether oxygens (including phenoxy) is 1. The van der Waals surface area contributed by atoms with Gasteiger partial charge in [0.15, 0.2) is 0 Å². The van der Waals surface area contributed by atoms with Crippen molar-refractivity contribution in [3.63, 3.8) is 0 Å². The van der Waals surface area contributed by atoms with Gasteiger partial charge >= 0.3 is 0 Å². The fraction of sp³-hybridized carbons (Fsp3) is 0.417. The Bertz CT molecular complexity index is 1110. The molecular formula is C24H30FN5O. The van der Waals surface area contributed by atoms with Gasteiger partial charge in [0.1, 0.15) is 17.4 Å². The monoisotopic (exact) mass is 423 g/mol. The van der Waals surface area contributed by atoms with Crippen LogP contribution in [0.1, 0.15) is 46.9 Å². The average Bonchev–Trinajstić information content (AvgIpc) is 3.12. The largest absolute Gasteiger partial charge is 0.492 e. The van der Waals surface area contributed by atoms with Crippen LogP contribution in [-0.2, 0) is 26.4 Å². The molecule has 0 saturated heterocycles. The zero-order valence-electron chi connectivity index (χ0n) is 18.7. The van der Waals surface area contributed by atoms with Crippen LogP contribution in [-0.4, -0.2) is 33.0 Å². The molecule has 7 heteroatoms. The number of allylic oxidation sites excluding steroid dienone is 1. The fourth-order valence-corrected chi connectivity index (χ4v) is 4.28. The highest BCUT2D eigenvalue weighted by Crippen LogP contribution is 2.33. The number of aryl methyl sites for hydroxylation is 3. The normalized spacial score (nSPS) is 13.6. The average molecular weight is 424 g/mol. The minimum absolute atomic E-state index is 0.291. The number of halogens is 1. The van der Waals surface area contributed by atoms with E-state index in [0.717, 1.165) is 66.3 Å². The van der Waals surface area contributed by atoms with Gasteiger partial charge in [-0.1, -0.05) is 0 Å². The summed E-state index contributed by atoms with van der Waals surface area (Å²) in [5, 5.41) is 7.67. The molecule has 6 nitrogen and oxygen atoms in total. The van der Waals surface area contributed by atoms with E-state index in [4.69, 9.17) is 4.74 Å². The summed E-state index contributed by atoms with van der Waals surface area (Å²) in [4.78, 5) is 4.58. The molecular weight excluding hydrogens is 393 g/mol. The molecule has 2 aromatic heterocycles. The van der Waals surface area contributed by atoms with Crippen LogP contribution >= 0.6 is 0 Å². The second-order valence-corrected chi connectivity index (χ2v) is 8.09. The van der Waals surface area contributed by atoms with Crippen LogP contribution in [0.5, 0.6) is 5.75 Å². The SMILES string of the molecule is CNCc1cnc2n1C=C(c1ccc(F)cc1OCCc1c(C)nn(C)c1C)CCC2. The van der Waals surface area contributed by atoms with Crippen molar-refractivity contribution in [2.24, 2.45) is 7.05 Å². The molecule has 0 spiro atoms. The smallest absolute Gasteiger partial charge is 0.129 e. The Kier molecular flexibility index (Phi) is 6.23. The van der Waals surface area contributed by atoms with Gasteiger partial charge in [0.25, 0.3) is 0 Å². The van der Waals surface area contributed by atoms with E-state index in [1.807, 2.05) is 38.0 Å². The van der Waals surface area contributed by atoms with Crippen LogP contribution in [0.15, 0.2) is 24.4 Å². The summed E-state index contributed by atoms with van der Waals surface area (Å²) in [6.45, 7) is 5.29. The second-order valence-electron chi connectivity index (χ2n) is 8.09. The zero-order chi connectivity index (χ0) is 22.0. The standard InChI is InChI=1S/C24H30FN5O/c1-16-21(17(2)29(4)28-16)10-11-31-23-12-19(25)8-9-22(23)18-6-5-7-24-27-14-20(13-26-3)30(24)15-18/h8-9,12,14-15,26H,5-7,10-11,13H2,1-4H3. The van der Waals surface area contributed by atoms with E-state index in [9.17, 15) is 4.39 Å². The van der Waals surface area contributed by atoms with Crippen molar-refractivity contribution in [1.82, 2.24) is 24.6 Å². The van der Waals surface area contributed by atoms with Gasteiger partial charge in [-0.2, -0.15) is 5.10 Å². The van der Waals surface area contributed by atoms with Gasteiger partial charge < -0.3 is 14.6 Å². The first-order chi connectivity index (χ1) is 15.0. The van der Waals surface area contributed by atoms with Crippen LogP contribution < -0.4 is 10.1 Å². The van der Waals surface area contributed by atoms with Gasteiger partial charge in [0.05, 0.1) is 24.2 Å². The summed E-state index contributed by atoms with van der Waals surface area (Å²) in [5.41, 5.74) is 6.53. The quantitative estimate of drug-likeness (QED) is 0.623. The Hall–Kier alpha value is -2.93. The first-order valence-corrected chi connectivity index (χ1v) is 10.8. The van der Waals surface area contributed by atoms with Gasteiger partial charge in [-0.05, 0) is 57.0 Å². The summed E-state index contributed by atoms with van der Waals surface area (Å²) >= 11 is 0. The number of hydrogen-bond donors (Lipinski definition) is 1. The van der Waals surface area contributed by atoms with Crippen LogP contribution in [0.3, 0.4) is 0 Å². The molecule has 31 heavy (non-hydrogen) atoms. The highest BCUT2D eigenvalue weighted by Gasteiger charge is 2.18. The van der Waals surface area contributed by atoms with Crippen LogP contribution in [0.4, 0.5) is 4.39 Å². The Morgan fingerprint density at radius 3 is 2.81 bits per heavy atom. The van der Waals surface area contributed by atoms with Crippen molar-refractivity contribution >= 4 is 11.8 Å². The molecule has 0 saturated carbocycles. The van der Waals surface area contributed by atoms with Gasteiger partial charge in [-0.15, -0.1) is 0 Å². The van der Waals surface area contributed by atoms with Crippen molar-refractivity contribution in [3.8, 4) is 5.75 Å². The molecule has 0 fully saturated rings. The molecule has 0 unspecified atom stereocenters. The first kappa shape index (κ1) is 21.3. The molecule has 0 amide bonds. The molecule has 0 bridgehead atoms. The van der Waals surface area contributed by atoms with E-state index in [1.165, 1.54) is 17.7 Å². The minimum atomic E-state index is -0.291. The Labute approximate surface area is 182 Å². The van der Waals surface area contributed by atoms with Gasteiger partial charge in [-0.25, -0.2) is 9.37 Å². The van der Waals surface area contributed by atoms with Gasteiger partial charge in [0.2, 0.25) is 0 Å². The van der Waals surface area contributed by atoms with E-state index in [0.29, 0.717) is 12.4 Å². The summed E-state index contributed by atoms with van der Waals surface area (Å²) in [6, 6.07) is 4.83. The van der Waals surface area contributed by atoms with Gasteiger partial charge in [0, 0.05) is 50.0 Å². The van der Waals surface area contributed by atoms with E-state index >= 15 is 0 Å². The molecule has 1 aliphatic rings. The lowest BCUT2D eigenvalue weighted by atomic mass is 10.0. The third kappa shape index (κ3) is 4.42. The molecule has 0 radical (unpaired) electrons. The molecule has 0 aliphatic carbocycles. The summed E-state index contributed by atoms with van der Waals surface area (Å²) in [6.07, 6.45) is 7.60. The molecule has 1 N–H and O–H groups in total. The first-order valence-electron chi connectivity index (χ1n) is 10.8. The molecule has 3 heterocycles. The fourth-order valence-electron chi connectivity index (χ4n) is 4.28. The Morgan fingerprint density at radius 2 is 2.06 bits per heavy atom. The van der Waals surface area contributed by atoms with E-state index in [-0.39, 0.29) is 5.82 Å². The van der Waals surface area contributed by atoms with Crippen LogP contribution in [0, 0.1) is 19.7 Å². The predicted octanol–water partition coefficient (Wildman–Crippen LogP) is 4.05. The van der Waals surface area contributed by atoms with Crippen molar-refractivity contribution in [2.75, 3.05) is 13.7 Å². The highest BCUT2D eigenvalue weighted by molar-refractivity contribution is 5.79.